The SMILES string of the molecule is Cc1nc(C(=O)NCc2nc(C)c(C)[nH]2)n(C)n1. The number of amides is 1. The van der Waals surface area contributed by atoms with Gasteiger partial charge in [-0.25, -0.2) is 14.6 Å². The second-order valence-corrected chi connectivity index (χ2v) is 4.18. The van der Waals surface area contributed by atoms with Crippen LogP contribution in [0.3, 0.4) is 0 Å². The van der Waals surface area contributed by atoms with Gasteiger partial charge in [0, 0.05) is 12.7 Å². The van der Waals surface area contributed by atoms with Gasteiger partial charge < -0.3 is 10.3 Å². The van der Waals surface area contributed by atoms with Crippen molar-refractivity contribution in [3.8, 4) is 0 Å². The van der Waals surface area contributed by atoms with E-state index in [0.717, 1.165) is 17.2 Å². The van der Waals surface area contributed by atoms with E-state index in [9.17, 15) is 4.79 Å². The van der Waals surface area contributed by atoms with E-state index in [0.29, 0.717) is 18.2 Å². The predicted molar refractivity (Wildman–Crippen MR) is 65.0 cm³/mol. The Morgan fingerprint density at radius 3 is 2.56 bits per heavy atom. The number of aromatic amines is 1. The van der Waals surface area contributed by atoms with Gasteiger partial charge in [-0.2, -0.15) is 5.10 Å². The normalized spacial score (nSPS) is 10.7. The highest BCUT2D eigenvalue weighted by atomic mass is 16.2. The van der Waals surface area contributed by atoms with Crippen molar-refractivity contribution in [2.75, 3.05) is 0 Å². The molecule has 2 rings (SSSR count). The van der Waals surface area contributed by atoms with E-state index < -0.39 is 0 Å². The molecule has 0 saturated carbocycles. The first kappa shape index (κ1) is 12.3. The summed E-state index contributed by atoms with van der Waals surface area (Å²) in [7, 11) is 1.69. The highest BCUT2D eigenvalue weighted by Crippen LogP contribution is 2.03. The third-order valence-electron chi connectivity index (χ3n) is 2.67. The Balaban J connectivity index is 2.02. The van der Waals surface area contributed by atoms with Gasteiger partial charge in [0.2, 0.25) is 5.82 Å². The van der Waals surface area contributed by atoms with Crippen molar-refractivity contribution in [2.24, 2.45) is 7.05 Å². The lowest BCUT2D eigenvalue weighted by Gasteiger charge is -2.01. The molecule has 0 fully saturated rings. The van der Waals surface area contributed by atoms with Gasteiger partial charge in [0.25, 0.3) is 5.91 Å². The van der Waals surface area contributed by atoms with Crippen LogP contribution < -0.4 is 5.32 Å². The van der Waals surface area contributed by atoms with Crippen LogP contribution in [0.25, 0.3) is 0 Å². The summed E-state index contributed by atoms with van der Waals surface area (Å²) in [6, 6.07) is 0. The summed E-state index contributed by atoms with van der Waals surface area (Å²) in [5, 5.41) is 6.78. The maximum atomic E-state index is 11.9. The molecule has 7 heteroatoms. The van der Waals surface area contributed by atoms with Gasteiger partial charge in [0.15, 0.2) is 0 Å². The van der Waals surface area contributed by atoms with Gasteiger partial charge in [0.05, 0.1) is 12.2 Å². The molecule has 0 aliphatic heterocycles. The molecule has 2 N–H and O–H groups in total. The van der Waals surface area contributed by atoms with E-state index in [2.05, 4.69) is 25.4 Å². The second-order valence-electron chi connectivity index (χ2n) is 4.18. The van der Waals surface area contributed by atoms with Crippen LogP contribution in [0.5, 0.6) is 0 Å². The summed E-state index contributed by atoms with van der Waals surface area (Å²) in [5.74, 6) is 1.35. The monoisotopic (exact) mass is 248 g/mol. The Hall–Kier alpha value is -2.18. The molecule has 0 aromatic carbocycles. The van der Waals surface area contributed by atoms with Crippen molar-refractivity contribution in [3.05, 3.63) is 28.9 Å². The van der Waals surface area contributed by atoms with Crippen LogP contribution >= 0.6 is 0 Å². The Kier molecular flexibility index (Phi) is 3.14. The van der Waals surface area contributed by atoms with E-state index in [-0.39, 0.29) is 5.91 Å². The van der Waals surface area contributed by atoms with Crippen LogP contribution in [0.2, 0.25) is 0 Å². The molecule has 7 nitrogen and oxygen atoms in total. The largest absolute Gasteiger partial charge is 0.344 e. The number of aromatic nitrogens is 5. The van der Waals surface area contributed by atoms with E-state index in [1.807, 2.05) is 13.8 Å². The van der Waals surface area contributed by atoms with Gasteiger partial charge in [-0.3, -0.25) is 4.79 Å². The second kappa shape index (κ2) is 4.59. The number of nitrogens with one attached hydrogen (secondary N) is 2. The predicted octanol–water partition coefficient (Wildman–Crippen LogP) is 0.393. The topological polar surface area (TPSA) is 88.5 Å². The van der Waals surface area contributed by atoms with Crippen LogP contribution in [0.15, 0.2) is 0 Å². The van der Waals surface area contributed by atoms with Crippen LogP contribution in [0.4, 0.5) is 0 Å². The molecule has 2 aromatic rings. The van der Waals surface area contributed by atoms with Gasteiger partial charge in [-0.15, -0.1) is 0 Å². The Bertz CT molecular complexity index is 563. The molecule has 1 amide bonds. The molecular weight excluding hydrogens is 232 g/mol. The molecule has 0 unspecified atom stereocenters. The number of carbonyl (C=O) groups is 1. The van der Waals surface area contributed by atoms with Crippen molar-refractivity contribution < 1.29 is 4.79 Å². The third kappa shape index (κ3) is 2.39. The van der Waals surface area contributed by atoms with Crippen LogP contribution in [0, 0.1) is 20.8 Å². The van der Waals surface area contributed by atoms with Crippen LogP contribution in [0.1, 0.15) is 33.7 Å². The highest BCUT2D eigenvalue weighted by molar-refractivity contribution is 5.90. The van der Waals surface area contributed by atoms with E-state index >= 15 is 0 Å². The molecule has 2 heterocycles. The zero-order valence-electron chi connectivity index (χ0n) is 10.9. The number of H-pyrrole nitrogens is 1. The minimum absolute atomic E-state index is 0.259. The van der Waals surface area contributed by atoms with E-state index in [1.165, 1.54) is 4.68 Å². The van der Waals surface area contributed by atoms with E-state index in [1.54, 1.807) is 14.0 Å². The molecular formula is C11H16N6O. The molecule has 18 heavy (non-hydrogen) atoms. The van der Waals surface area contributed by atoms with Crippen LogP contribution in [-0.2, 0) is 13.6 Å². The molecule has 2 aromatic heterocycles. The summed E-state index contributed by atoms with van der Waals surface area (Å²) >= 11 is 0. The lowest BCUT2D eigenvalue weighted by atomic mass is 10.4. The number of hydrogen-bond acceptors (Lipinski definition) is 4. The fourth-order valence-corrected chi connectivity index (χ4v) is 1.66. The summed E-state index contributed by atoms with van der Waals surface area (Å²) in [5.41, 5.74) is 1.95. The molecule has 0 saturated heterocycles. The van der Waals surface area contributed by atoms with Crippen molar-refractivity contribution in [1.29, 1.82) is 0 Å². The van der Waals surface area contributed by atoms with Gasteiger partial charge in [0.1, 0.15) is 11.6 Å². The van der Waals surface area contributed by atoms with Crippen molar-refractivity contribution in [3.63, 3.8) is 0 Å². The molecule has 0 bridgehead atoms. The zero-order chi connectivity index (χ0) is 13.3. The zero-order valence-corrected chi connectivity index (χ0v) is 10.9. The number of nitrogens with zero attached hydrogens (tertiary/aromatic N) is 4. The fourth-order valence-electron chi connectivity index (χ4n) is 1.66. The Morgan fingerprint density at radius 1 is 1.33 bits per heavy atom. The standard InChI is InChI=1S/C11H16N6O/c1-6-7(2)14-9(13-6)5-12-11(18)10-15-8(3)16-17(10)4/h5H2,1-4H3,(H,12,18)(H,13,14). The molecule has 0 radical (unpaired) electrons. The maximum absolute atomic E-state index is 11.9. The maximum Gasteiger partial charge on any atom is 0.289 e. The number of imidazole rings is 1. The smallest absolute Gasteiger partial charge is 0.289 e. The summed E-state index contributed by atoms with van der Waals surface area (Å²) in [6.07, 6.45) is 0. The minimum atomic E-state index is -0.259. The van der Waals surface area contributed by atoms with Crippen LogP contribution in [-0.4, -0.2) is 30.6 Å². The average molecular weight is 248 g/mol. The number of rotatable bonds is 3. The molecule has 0 aliphatic rings. The summed E-state index contributed by atoms with van der Waals surface area (Å²) in [4.78, 5) is 23.3. The number of hydrogen-bond donors (Lipinski definition) is 2. The number of aryl methyl sites for hydroxylation is 4. The third-order valence-corrected chi connectivity index (χ3v) is 2.67. The minimum Gasteiger partial charge on any atom is -0.344 e. The quantitative estimate of drug-likeness (QED) is 0.822. The lowest BCUT2D eigenvalue weighted by Crippen LogP contribution is -2.26. The Labute approximate surface area is 105 Å². The lowest BCUT2D eigenvalue weighted by molar-refractivity contribution is 0.0935. The number of carbonyl (C=O) groups excluding carboxylic acids is 1. The fraction of sp³-hybridized carbons (Fsp3) is 0.455. The molecule has 0 aliphatic carbocycles. The van der Waals surface area contributed by atoms with Crippen molar-refractivity contribution in [1.82, 2.24) is 30.0 Å². The molecule has 0 spiro atoms. The highest BCUT2D eigenvalue weighted by Gasteiger charge is 2.14. The summed E-state index contributed by atoms with van der Waals surface area (Å²) < 4.78 is 1.46. The molecule has 0 atom stereocenters. The summed E-state index contributed by atoms with van der Waals surface area (Å²) in [6.45, 7) is 5.96. The van der Waals surface area contributed by atoms with Gasteiger partial charge in [-0.1, -0.05) is 0 Å². The van der Waals surface area contributed by atoms with Crippen molar-refractivity contribution in [2.45, 2.75) is 27.3 Å². The first-order valence-electron chi connectivity index (χ1n) is 5.65. The van der Waals surface area contributed by atoms with Gasteiger partial charge in [-0.05, 0) is 20.8 Å². The molecule has 96 valence electrons. The van der Waals surface area contributed by atoms with Crippen molar-refractivity contribution >= 4 is 5.91 Å². The first-order valence-corrected chi connectivity index (χ1v) is 5.65. The Morgan fingerprint density at radius 2 is 2.06 bits per heavy atom. The first-order chi connectivity index (χ1) is 8.47. The van der Waals surface area contributed by atoms with Gasteiger partial charge >= 0.3 is 0 Å². The van der Waals surface area contributed by atoms with E-state index in [4.69, 9.17) is 0 Å². The average Bonchev–Trinajstić information content (AvgIpc) is 2.79.